The molecule has 0 atom stereocenters. The van der Waals surface area contributed by atoms with Gasteiger partial charge < -0.3 is 9.64 Å². The zero-order valence-electron chi connectivity index (χ0n) is 13.7. The van der Waals surface area contributed by atoms with Gasteiger partial charge in [-0.2, -0.15) is 18.4 Å². The molecule has 26 heavy (non-hydrogen) atoms. The molecule has 0 bridgehead atoms. The van der Waals surface area contributed by atoms with Gasteiger partial charge in [0, 0.05) is 12.1 Å². The van der Waals surface area contributed by atoms with Gasteiger partial charge in [0.15, 0.2) is 11.6 Å². The first kappa shape index (κ1) is 19.2. The minimum atomic E-state index is -4.62. The summed E-state index contributed by atoms with van der Waals surface area (Å²) >= 11 is 0. The average molecular weight is 366 g/mol. The van der Waals surface area contributed by atoms with Gasteiger partial charge in [-0.05, 0) is 35.9 Å². The van der Waals surface area contributed by atoms with Gasteiger partial charge in [-0.15, -0.1) is 0 Å². The van der Waals surface area contributed by atoms with Crippen molar-refractivity contribution in [2.75, 3.05) is 13.7 Å². The largest absolute Gasteiger partial charge is 0.494 e. The third-order valence-electron chi connectivity index (χ3n) is 3.51. The Morgan fingerprint density at radius 2 is 1.85 bits per heavy atom. The number of alkyl halides is 3. The molecule has 0 aliphatic carbocycles. The number of hydrogen-bond acceptors (Lipinski definition) is 3. The minimum Gasteiger partial charge on any atom is -0.494 e. The number of amides is 1. The molecule has 0 radical (unpaired) electrons. The van der Waals surface area contributed by atoms with Crippen molar-refractivity contribution in [2.24, 2.45) is 0 Å². The van der Waals surface area contributed by atoms with Crippen molar-refractivity contribution in [3.63, 3.8) is 0 Å². The fourth-order valence-electron chi connectivity index (χ4n) is 2.30. The quantitative estimate of drug-likeness (QED) is 0.754. The van der Waals surface area contributed by atoms with Gasteiger partial charge in [0.2, 0.25) is 0 Å². The second-order valence-electron chi connectivity index (χ2n) is 5.43. The fraction of sp³-hybridized carbons (Fsp3) is 0.222. The standard InChI is InChI=1S/C18H14F4N2O2/c1-26-16-7-6-14(8-15(16)19)17(25)24(11-18(20,21)22)10-13-4-2-12(9-23)3-5-13/h2-8H,10-11H2,1H3. The number of nitriles is 1. The summed E-state index contributed by atoms with van der Waals surface area (Å²) in [6.07, 6.45) is -4.62. The van der Waals surface area contributed by atoms with Crippen LogP contribution in [0.25, 0.3) is 0 Å². The molecule has 4 nitrogen and oxygen atoms in total. The van der Waals surface area contributed by atoms with E-state index < -0.39 is 24.4 Å². The van der Waals surface area contributed by atoms with E-state index in [0.29, 0.717) is 16.0 Å². The van der Waals surface area contributed by atoms with Crippen LogP contribution in [0.2, 0.25) is 0 Å². The number of halogens is 4. The van der Waals surface area contributed by atoms with E-state index in [9.17, 15) is 22.4 Å². The van der Waals surface area contributed by atoms with Crippen LogP contribution in [0.5, 0.6) is 5.75 Å². The summed E-state index contributed by atoms with van der Waals surface area (Å²) in [5.74, 6) is -1.92. The highest BCUT2D eigenvalue weighted by Gasteiger charge is 2.33. The topological polar surface area (TPSA) is 53.3 Å². The lowest BCUT2D eigenvalue weighted by atomic mass is 10.1. The van der Waals surface area contributed by atoms with Crippen molar-refractivity contribution in [3.8, 4) is 11.8 Å². The second kappa shape index (κ2) is 7.87. The Balaban J connectivity index is 2.29. The van der Waals surface area contributed by atoms with E-state index in [4.69, 9.17) is 10.00 Å². The van der Waals surface area contributed by atoms with Gasteiger partial charge in [0.25, 0.3) is 5.91 Å². The van der Waals surface area contributed by atoms with E-state index in [0.717, 1.165) is 6.07 Å². The molecule has 0 aliphatic heterocycles. The van der Waals surface area contributed by atoms with Crippen LogP contribution in [0.1, 0.15) is 21.5 Å². The number of hydrogen-bond donors (Lipinski definition) is 0. The maximum absolute atomic E-state index is 13.8. The number of carbonyl (C=O) groups is 1. The Morgan fingerprint density at radius 1 is 1.19 bits per heavy atom. The van der Waals surface area contributed by atoms with Gasteiger partial charge in [-0.25, -0.2) is 4.39 Å². The van der Waals surface area contributed by atoms with Crippen molar-refractivity contribution >= 4 is 5.91 Å². The highest BCUT2D eigenvalue weighted by atomic mass is 19.4. The molecule has 0 N–H and O–H groups in total. The maximum Gasteiger partial charge on any atom is 0.406 e. The first-order valence-corrected chi connectivity index (χ1v) is 7.42. The lowest BCUT2D eigenvalue weighted by Crippen LogP contribution is -2.38. The van der Waals surface area contributed by atoms with Gasteiger partial charge in [-0.3, -0.25) is 4.79 Å². The molecule has 2 aromatic rings. The number of carbonyl (C=O) groups excluding carboxylic acids is 1. The van der Waals surface area contributed by atoms with Crippen LogP contribution in [-0.2, 0) is 6.54 Å². The number of methoxy groups -OCH3 is 1. The predicted octanol–water partition coefficient (Wildman–Crippen LogP) is 3.91. The van der Waals surface area contributed by atoms with Crippen LogP contribution in [0, 0.1) is 17.1 Å². The number of benzene rings is 2. The van der Waals surface area contributed by atoms with Gasteiger partial charge in [0.1, 0.15) is 6.54 Å². The third kappa shape index (κ3) is 4.96. The highest BCUT2D eigenvalue weighted by molar-refractivity contribution is 5.94. The van der Waals surface area contributed by atoms with Crippen LogP contribution < -0.4 is 4.74 Å². The molecule has 1 amide bonds. The number of ether oxygens (including phenoxy) is 1. The van der Waals surface area contributed by atoms with Crippen LogP contribution in [0.4, 0.5) is 17.6 Å². The molecule has 0 aliphatic rings. The van der Waals surface area contributed by atoms with Gasteiger partial charge >= 0.3 is 6.18 Å². The molecule has 0 heterocycles. The van der Waals surface area contributed by atoms with E-state index in [1.54, 1.807) is 0 Å². The van der Waals surface area contributed by atoms with Crippen LogP contribution in [0.3, 0.4) is 0 Å². The summed E-state index contributed by atoms with van der Waals surface area (Å²) in [5.41, 5.74) is 0.538. The number of nitrogens with zero attached hydrogens (tertiary/aromatic N) is 2. The normalized spacial score (nSPS) is 10.9. The van der Waals surface area contributed by atoms with Crippen LogP contribution >= 0.6 is 0 Å². The van der Waals surface area contributed by atoms with Crippen molar-refractivity contribution in [1.29, 1.82) is 5.26 Å². The summed E-state index contributed by atoms with van der Waals surface area (Å²) in [4.78, 5) is 13.0. The molecule has 2 aromatic carbocycles. The zero-order valence-corrected chi connectivity index (χ0v) is 13.7. The first-order chi connectivity index (χ1) is 12.2. The first-order valence-electron chi connectivity index (χ1n) is 7.42. The summed E-state index contributed by atoms with van der Waals surface area (Å²) in [6.45, 7) is -1.82. The molecule has 8 heteroatoms. The highest BCUT2D eigenvalue weighted by Crippen LogP contribution is 2.23. The molecule has 136 valence electrons. The average Bonchev–Trinajstić information content (AvgIpc) is 2.60. The Hall–Kier alpha value is -3.08. The maximum atomic E-state index is 13.8. The molecule has 0 aromatic heterocycles. The van der Waals surface area contributed by atoms with Crippen LogP contribution in [-0.4, -0.2) is 30.6 Å². The summed E-state index contributed by atoms with van der Waals surface area (Å²) in [5, 5.41) is 8.76. The molecule has 0 unspecified atom stereocenters. The van der Waals surface area contributed by atoms with E-state index in [2.05, 4.69) is 0 Å². The molecular weight excluding hydrogens is 352 g/mol. The molecular formula is C18H14F4N2O2. The Kier molecular flexibility index (Phi) is 5.82. The van der Waals surface area contributed by atoms with Gasteiger partial charge in [0.05, 0.1) is 18.7 Å². The molecule has 0 saturated heterocycles. The second-order valence-corrected chi connectivity index (χ2v) is 5.43. The summed E-state index contributed by atoms with van der Waals surface area (Å²) in [7, 11) is 1.24. The van der Waals surface area contributed by atoms with Crippen LogP contribution in [0.15, 0.2) is 42.5 Å². The molecule has 0 saturated carbocycles. The Bertz CT molecular complexity index is 827. The van der Waals surface area contributed by atoms with Crippen molar-refractivity contribution in [1.82, 2.24) is 4.90 Å². The zero-order chi connectivity index (χ0) is 19.3. The van der Waals surface area contributed by atoms with Crippen molar-refractivity contribution in [3.05, 3.63) is 65.0 Å². The Labute approximate surface area is 147 Å². The summed E-state index contributed by atoms with van der Waals surface area (Å²) in [6, 6.07) is 10.9. The van der Waals surface area contributed by atoms with E-state index in [-0.39, 0.29) is 17.9 Å². The fourth-order valence-corrected chi connectivity index (χ4v) is 2.30. The van der Waals surface area contributed by atoms with E-state index in [1.165, 1.54) is 43.5 Å². The van der Waals surface area contributed by atoms with Gasteiger partial charge in [-0.1, -0.05) is 12.1 Å². The third-order valence-corrected chi connectivity index (χ3v) is 3.51. The lowest BCUT2D eigenvalue weighted by molar-refractivity contribution is -0.141. The predicted molar refractivity (Wildman–Crippen MR) is 84.9 cm³/mol. The van der Waals surface area contributed by atoms with Crippen molar-refractivity contribution in [2.45, 2.75) is 12.7 Å². The summed E-state index contributed by atoms with van der Waals surface area (Å²) < 4.78 is 57.1. The smallest absolute Gasteiger partial charge is 0.406 e. The molecule has 2 rings (SSSR count). The lowest BCUT2D eigenvalue weighted by Gasteiger charge is -2.24. The SMILES string of the molecule is COc1ccc(C(=O)N(Cc2ccc(C#N)cc2)CC(F)(F)F)cc1F. The minimum absolute atomic E-state index is 0.115. The molecule has 0 fully saturated rings. The monoisotopic (exact) mass is 366 g/mol. The van der Waals surface area contributed by atoms with Crippen molar-refractivity contribution < 1.29 is 27.1 Å². The van der Waals surface area contributed by atoms with E-state index >= 15 is 0 Å². The Morgan fingerprint density at radius 3 is 2.35 bits per heavy atom. The molecule has 0 spiro atoms. The van der Waals surface area contributed by atoms with E-state index in [1.807, 2.05) is 6.07 Å². The number of rotatable bonds is 5.